The number of piperidine rings is 1. The minimum atomic E-state index is -3.75. The summed E-state index contributed by atoms with van der Waals surface area (Å²) in [7, 11) is -3.75. The van der Waals surface area contributed by atoms with Gasteiger partial charge in [0.1, 0.15) is 0 Å². The lowest BCUT2D eigenvalue weighted by molar-refractivity contribution is -0.133. The molecule has 1 unspecified atom stereocenters. The highest BCUT2D eigenvalue weighted by Gasteiger charge is 2.64. The fraction of sp³-hybridized carbons (Fsp3) is 0.619. The van der Waals surface area contributed by atoms with Crippen molar-refractivity contribution in [1.29, 1.82) is 0 Å². The van der Waals surface area contributed by atoms with Crippen molar-refractivity contribution < 1.29 is 18.0 Å². The van der Waals surface area contributed by atoms with Gasteiger partial charge in [-0.25, -0.2) is 8.42 Å². The van der Waals surface area contributed by atoms with Crippen LogP contribution in [0.2, 0.25) is 5.02 Å². The second kappa shape index (κ2) is 6.98. The van der Waals surface area contributed by atoms with Gasteiger partial charge in [-0.3, -0.25) is 9.59 Å². The Morgan fingerprint density at radius 3 is 2.21 bits per heavy atom. The van der Waals surface area contributed by atoms with Crippen LogP contribution in [0, 0.1) is 11.3 Å². The number of nitrogens with one attached hydrogen (secondary N) is 1. The molecule has 1 aliphatic heterocycles. The predicted octanol–water partition coefficient (Wildman–Crippen LogP) is 2.80. The van der Waals surface area contributed by atoms with Crippen molar-refractivity contribution in [2.45, 2.75) is 61.6 Å². The SMILES string of the molecule is CC(C)C(=O)NC1CC12CCN(C(=O)C1(S(=O)(=O)c3ccc(Cl)cc3)CC1)CC2. The number of benzene rings is 1. The lowest BCUT2D eigenvalue weighted by Gasteiger charge is -2.35. The number of rotatable bonds is 5. The van der Waals surface area contributed by atoms with E-state index in [0.717, 1.165) is 19.3 Å². The normalized spacial score (nSPS) is 24.4. The highest BCUT2D eigenvalue weighted by molar-refractivity contribution is 7.94. The van der Waals surface area contributed by atoms with E-state index in [1.807, 2.05) is 13.8 Å². The van der Waals surface area contributed by atoms with Crippen LogP contribution in [0.25, 0.3) is 0 Å². The van der Waals surface area contributed by atoms with Gasteiger partial charge in [-0.1, -0.05) is 25.4 Å². The summed E-state index contributed by atoms with van der Waals surface area (Å²) < 4.78 is 25.0. The van der Waals surface area contributed by atoms with Gasteiger partial charge >= 0.3 is 0 Å². The smallest absolute Gasteiger partial charge is 0.244 e. The Balaban J connectivity index is 1.41. The van der Waals surface area contributed by atoms with Crippen molar-refractivity contribution in [3.8, 4) is 0 Å². The molecule has 0 aromatic heterocycles. The number of sulfone groups is 1. The Hall–Kier alpha value is -1.60. The molecule has 0 bridgehead atoms. The van der Waals surface area contributed by atoms with Gasteiger partial charge in [-0.15, -0.1) is 0 Å². The largest absolute Gasteiger partial charge is 0.353 e. The zero-order valence-corrected chi connectivity index (χ0v) is 18.4. The van der Waals surface area contributed by atoms with Crippen LogP contribution in [0.5, 0.6) is 0 Å². The number of likely N-dealkylation sites (tertiary alicyclic amines) is 1. The molecule has 0 radical (unpaired) electrons. The van der Waals surface area contributed by atoms with Gasteiger partial charge in [0, 0.05) is 30.1 Å². The molecule has 8 heteroatoms. The summed E-state index contributed by atoms with van der Waals surface area (Å²) in [5.41, 5.74) is 0.0765. The molecule has 1 atom stereocenters. The molecule has 158 valence electrons. The summed E-state index contributed by atoms with van der Waals surface area (Å²) >= 11 is 5.87. The predicted molar refractivity (Wildman–Crippen MR) is 110 cm³/mol. The molecule has 2 saturated carbocycles. The number of nitrogens with zero attached hydrogens (tertiary/aromatic N) is 1. The second-order valence-corrected chi connectivity index (χ2v) is 11.7. The van der Waals surface area contributed by atoms with E-state index in [1.54, 1.807) is 17.0 Å². The Morgan fingerprint density at radius 2 is 1.69 bits per heavy atom. The summed E-state index contributed by atoms with van der Waals surface area (Å²) in [6.07, 6.45) is 3.29. The van der Waals surface area contributed by atoms with E-state index >= 15 is 0 Å². The third kappa shape index (κ3) is 3.46. The molecule has 1 aromatic carbocycles. The molecule has 3 fully saturated rings. The molecule has 1 saturated heterocycles. The average molecular weight is 439 g/mol. The molecular weight excluding hydrogens is 412 g/mol. The van der Waals surface area contributed by atoms with Crippen molar-refractivity contribution in [2.24, 2.45) is 11.3 Å². The van der Waals surface area contributed by atoms with Crippen LogP contribution in [-0.4, -0.2) is 49.0 Å². The molecule has 1 heterocycles. The highest BCUT2D eigenvalue weighted by atomic mass is 35.5. The van der Waals surface area contributed by atoms with E-state index in [-0.39, 0.29) is 34.1 Å². The standard InChI is InChI=1S/C21H27ClN2O4S/c1-14(2)18(25)23-17-13-20(17)9-11-24(12-10-20)19(26)21(7-8-21)29(27,28)16-5-3-15(22)4-6-16/h3-6,14,17H,7-13H2,1-2H3,(H,23,25). The second-order valence-electron chi connectivity index (χ2n) is 9.03. The van der Waals surface area contributed by atoms with Gasteiger partial charge in [0.2, 0.25) is 11.8 Å². The van der Waals surface area contributed by atoms with E-state index in [9.17, 15) is 18.0 Å². The first-order valence-corrected chi connectivity index (χ1v) is 12.1. The minimum Gasteiger partial charge on any atom is -0.353 e. The Bertz CT molecular complexity index is 930. The summed E-state index contributed by atoms with van der Waals surface area (Å²) in [5.74, 6) is -0.246. The maximum atomic E-state index is 13.2. The topological polar surface area (TPSA) is 83.6 Å². The molecule has 6 nitrogen and oxygen atoms in total. The van der Waals surface area contributed by atoms with Gasteiger partial charge in [0.25, 0.3) is 0 Å². The number of carbonyl (C=O) groups excluding carboxylic acids is 2. The Morgan fingerprint density at radius 1 is 1.10 bits per heavy atom. The summed E-state index contributed by atoms with van der Waals surface area (Å²) in [5, 5.41) is 3.56. The molecule has 3 aliphatic rings. The van der Waals surface area contributed by atoms with E-state index in [0.29, 0.717) is 31.0 Å². The maximum absolute atomic E-state index is 13.2. The van der Waals surface area contributed by atoms with E-state index in [4.69, 9.17) is 11.6 Å². The van der Waals surface area contributed by atoms with Crippen LogP contribution in [-0.2, 0) is 19.4 Å². The van der Waals surface area contributed by atoms with Gasteiger partial charge < -0.3 is 10.2 Å². The molecule has 1 N–H and O–H groups in total. The molecule has 1 spiro atoms. The maximum Gasteiger partial charge on any atom is 0.244 e. The van der Waals surface area contributed by atoms with Gasteiger partial charge in [-0.2, -0.15) is 0 Å². The number of halogens is 1. The van der Waals surface area contributed by atoms with Crippen LogP contribution in [0.15, 0.2) is 29.2 Å². The van der Waals surface area contributed by atoms with Crippen molar-refractivity contribution in [1.82, 2.24) is 10.2 Å². The first-order valence-electron chi connectivity index (χ1n) is 10.2. The van der Waals surface area contributed by atoms with Crippen LogP contribution in [0.3, 0.4) is 0 Å². The van der Waals surface area contributed by atoms with E-state index in [1.165, 1.54) is 12.1 Å². The summed E-state index contributed by atoms with van der Waals surface area (Å²) in [6.45, 7) is 4.85. The van der Waals surface area contributed by atoms with Crippen molar-refractivity contribution in [3.05, 3.63) is 29.3 Å². The van der Waals surface area contributed by atoms with Crippen LogP contribution in [0.4, 0.5) is 0 Å². The summed E-state index contributed by atoms with van der Waals surface area (Å²) in [6, 6.07) is 6.21. The van der Waals surface area contributed by atoms with Crippen LogP contribution >= 0.6 is 11.6 Å². The zero-order chi connectivity index (χ0) is 21.0. The van der Waals surface area contributed by atoms with Crippen LogP contribution in [0.1, 0.15) is 46.0 Å². The highest BCUT2D eigenvalue weighted by Crippen LogP contribution is 2.55. The zero-order valence-electron chi connectivity index (χ0n) is 16.8. The monoisotopic (exact) mass is 438 g/mol. The molecule has 2 amide bonds. The lowest BCUT2D eigenvalue weighted by Crippen LogP contribution is -2.49. The van der Waals surface area contributed by atoms with Gasteiger partial charge in [0.05, 0.1) is 4.90 Å². The Labute approximate surface area is 176 Å². The first-order chi connectivity index (χ1) is 13.6. The van der Waals surface area contributed by atoms with Crippen molar-refractivity contribution >= 4 is 33.3 Å². The average Bonchev–Trinajstić information content (AvgIpc) is 3.59. The fourth-order valence-electron chi connectivity index (χ4n) is 4.44. The third-order valence-corrected chi connectivity index (χ3v) is 9.57. The quantitative estimate of drug-likeness (QED) is 0.766. The third-order valence-electron chi connectivity index (χ3n) is 6.81. The molecule has 4 rings (SSSR count). The first kappa shape index (κ1) is 20.7. The molecule has 1 aromatic rings. The number of carbonyl (C=O) groups is 2. The van der Waals surface area contributed by atoms with Crippen LogP contribution < -0.4 is 5.32 Å². The number of amides is 2. The number of hydrogen-bond acceptors (Lipinski definition) is 4. The summed E-state index contributed by atoms with van der Waals surface area (Å²) in [4.78, 5) is 27.0. The van der Waals surface area contributed by atoms with Crippen molar-refractivity contribution in [2.75, 3.05) is 13.1 Å². The van der Waals surface area contributed by atoms with Gasteiger partial charge in [-0.05, 0) is 61.8 Å². The van der Waals surface area contributed by atoms with E-state index in [2.05, 4.69) is 5.32 Å². The lowest BCUT2D eigenvalue weighted by atomic mass is 9.92. The number of hydrogen-bond donors (Lipinski definition) is 1. The fourth-order valence-corrected chi connectivity index (χ4v) is 6.51. The molecule has 2 aliphatic carbocycles. The van der Waals surface area contributed by atoms with E-state index < -0.39 is 14.6 Å². The minimum absolute atomic E-state index is 0.0397. The van der Waals surface area contributed by atoms with Gasteiger partial charge in [0.15, 0.2) is 14.6 Å². The molecule has 29 heavy (non-hydrogen) atoms. The van der Waals surface area contributed by atoms with Crippen molar-refractivity contribution in [3.63, 3.8) is 0 Å². The Kier molecular flexibility index (Phi) is 4.97. The molecular formula is C21H27ClN2O4S.